The molecule has 0 amide bonds. The van der Waals surface area contributed by atoms with Crippen molar-refractivity contribution in [2.45, 2.75) is 25.3 Å². The monoisotopic (exact) mass is 138 g/mol. The lowest BCUT2D eigenvalue weighted by Crippen LogP contribution is -2.15. The molecular formula is C7H10N2O. The maximum atomic E-state index is 5.76. The number of hydrogen-bond acceptors (Lipinski definition) is 3. The van der Waals surface area contributed by atoms with Crippen LogP contribution < -0.4 is 5.73 Å². The first-order valence-corrected chi connectivity index (χ1v) is 3.57. The first kappa shape index (κ1) is 5.92. The van der Waals surface area contributed by atoms with Gasteiger partial charge in [0.15, 0.2) is 5.76 Å². The third-order valence-electron chi connectivity index (χ3n) is 1.97. The lowest BCUT2D eigenvalue weighted by atomic mass is 9.95. The van der Waals surface area contributed by atoms with Crippen LogP contribution in [0, 0.1) is 0 Å². The number of fused-ring (bicyclic) bond motifs is 1. The maximum absolute atomic E-state index is 5.76. The number of hydrogen-bond donors (Lipinski definition) is 1. The molecule has 0 fully saturated rings. The molecule has 0 saturated carbocycles. The first-order valence-electron chi connectivity index (χ1n) is 3.57. The van der Waals surface area contributed by atoms with Crippen molar-refractivity contribution in [2.75, 3.05) is 0 Å². The Labute approximate surface area is 59.2 Å². The van der Waals surface area contributed by atoms with Gasteiger partial charge in [-0.1, -0.05) is 5.16 Å². The van der Waals surface area contributed by atoms with Crippen LogP contribution in [0.2, 0.25) is 0 Å². The zero-order valence-electron chi connectivity index (χ0n) is 5.71. The van der Waals surface area contributed by atoms with Gasteiger partial charge in [-0.25, -0.2) is 0 Å². The standard InChI is InChI=1S/C7H10N2O/c8-6-3-1-2-5-4-9-10-7(5)6/h4,6H,1-3,8H2. The van der Waals surface area contributed by atoms with Crippen molar-refractivity contribution in [3.63, 3.8) is 0 Å². The van der Waals surface area contributed by atoms with Gasteiger partial charge >= 0.3 is 0 Å². The van der Waals surface area contributed by atoms with Crippen molar-refractivity contribution in [1.82, 2.24) is 5.16 Å². The average molecular weight is 138 g/mol. The van der Waals surface area contributed by atoms with E-state index in [-0.39, 0.29) is 6.04 Å². The molecule has 0 bridgehead atoms. The van der Waals surface area contributed by atoms with Crippen LogP contribution in [0.5, 0.6) is 0 Å². The summed E-state index contributed by atoms with van der Waals surface area (Å²) in [4.78, 5) is 0. The highest BCUT2D eigenvalue weighted by molar-refractivity contribution is 5.19. The van der Waals surface area contributed by atoms with Crippen LogP contribution in [0.4, 0.5) is 0 Å². The van der Waals surface area contributed by atoms with E-state index in [1.807, 2.05) is 0 Å². The van der Waals surface area contributed by atoms with Gasteiger partial charge in [0, 0.05) is 5.56 Å². The molecular weight excluding hydrogens is 128 g/mol. The van der Waals surface area contributed by atoms with Gasteiger partial charge < -0.3 is 10.3 Å². The smallest absolute Gasteiger partial charge is 0.156 e. The molecule has 0 aliphatic heterocycles. The number of rotatable bonds is 0. The molecule has 2 N–H and O–H groups in total. The summed E-state index contributed by atoms with van der Waals surface area (Å²) in [6.07, 6.45) is 5.04. The summed E-state index contributed by atoms with van der Waals surface area (Å²) in [6.45, 7) is 0. The number of nitrogens with zero attached hydrogens (tertiary/aromatic N) is 1. The van der Waals surface area contributed by atoms with Gasteiger partial charge in [-0.15, -0.1) is 0 Å². The summed E-state index contributed by atoms with van der Waals surface area (Å²) in [5, 5.41) is 3.70. The van der Waals surface area contributed by atoms with Crippen LogP contribution in [-0.4, -0.2) is 5.16 Å². The summed E-state index contributed by atoms with van der Waals surface area (Å²) in [5.74, 6) is 0.895. The largest absolute Gasteiger partial charge is 0.359 e. The van der Waals surface area contributed by atoms with E-state index in [0.29, 0.717) is 0 Å². The number of aryl methyl sites for hydroxylation is 1. The van der Waals surface area contributed by atoms with Crippen LogP contribution >= 0.6 is 0 Å². The molecule has 0 aromatic carbocycles. The summed E-state index contributed by atoms with van der Waals surface area (Å²) in [6, 6.07) is 0.0891. The molecule has 3 nitrogen and oxygen atoms in total. The lowest BCUT2D eigenvalue weighted by Gasteiger charge is -2.14. The van der Waals surface area contributed by atoms with Gasteiger partial charge in [-0.05, 0) is 19.3 Å². The SMILES string of the molecule is NC1CCCc2cnoc21. The Hall–Kier alpha value is -0.830. The van der Waals surface area contributed by atoms with Gasteiger partial charge in [0.25, 0.3) is 0 Å². The van der Waals surface area contributed by atoms with E-state index >= 15 is 0 Å². The summed E-state index contributed by atoms with van der Waals surface area (Å²) in [7, 11) is 0. The Morgan fingerprint density at radius 3 is 3.40 bits per heavy atom. The van der Waals surface area contributed by atoms with E-state index in [9.17, 15) is 0 Å². The molecule has 54 valence electrons. The predicted molar refractivity (Wildman–Crippen MR) is 36.4 cm³/mol. The number of aromatic nitrogens is 1. The normalized spacial score (nSPS) is 24.3. The summed E-state index contributed by atoms with van der Waals surface area (Å²) in [5.41, 5.74) is 6.95. The van der Waals surface area contributed by atoms with E-state index in [1.165, 1.54) is 5.56 Å². The van der Waals surface area contributed by atoms with E-state index in [4.69, 9.17) is 10.3 Å². The molecule has 0 radical (unpaired) electrons. The fourth-order valence-corrected chi connectivity index (χ4v) is 1.41. The molecule has 10 heavy (non-hydrogen) atoms. The molecule has 1 heterocycles. The minimum Gasteiger partial charge on any atom is -0.359 e. The van der Waals surface area contributed by atoms with Crippen LogP contribution in [0.1, 0.15) is 30.2 Å². The molecule has 2 rings (SSSR count). The highest BCUT2D eigenvalue weighted by Gasteiger charge is 2.20. The second-order valence-electron chi connectivity index (χ2n) is 2.71. The van der Waals surface area contributed by atoms with Crippen molar-refractivity contribution in [2.24, 2.45) is 5.73 Å². The average Bonchev–Trinajstić information content (AvgIpc) is 2.36. The summed E-state index contributed by atoms with van der Waals surface area (Å²) < 4.78 is 4.99. The third-order valence-corrected chi connectivity index (χ3v) is 1.97. The molecule has 1 atom stereocenters. The second kappa shape index (κ2) is 2.09. The van der Waals surface area contributed by atoms with Crippen LogP contribution in [0.3, 0.4) is 0 Å². The molecule has 1 unspecified atom stereocenters. The van der Waals surface area contributed by atoms with Crippen molar-refractivity contribution in [3.05, 3.63) is 17.5 Å². The highest BCUT2D eigenvalue weighted by Crippen LogP contribution is 2.26. The Bertz CT molecular complexity index is 231. The molecule has 0 spiro atoms. The zero-order valence-corrected chi connectivity index (χ0v) is 5.71. The van der Waals surface area contributed by atoms with E-state index < -0.39 is 0 Å². The van der Waals surface area contributed by atoms with Gasteiger partial charge in [0.05, 0.1) is 12.2 Å². The van der Waals surface area contributed by atoms with Gasteiger partial charge in [0.1, 0.15) is 0 Å². The van der Waals surface area contributed by atoms with Crippen molar-refractivity contribution < 1.29 is 4.52 Å². The fraction of sp³-hybridized carbons (Fsp3) is 0.571. The van der Waals surface area contributed by atoms with Gasteiger partial charge in [-0.3, -0.25) is 0 Å². The Balaban J connectivity index is 2.41. The van der Waals surface area contributed by atoms with Crippen molar-refractivity contribution >= 4 is 0 Å². The third kappa shape index (κ3) is 0.743. The van der Waals surface area contributed by atoms with Crippen LogP contribution in [0.25, 0.3) is 0 Å². The molecule has 1 aromatic heterocycles. The Morgan fingerprint density at radius 2 is 2.60 bits per heavy atom. The topological polar surface area (TPSA) is 52.0 Å². The van der Waals surface area contributed by atoms with E-state index in [2.05, 4.69) is 5.16 Å². The second-order valence-corrected chi connectivity index (χ2v) is 2.71. The van der Waals surface area contributed by atoms with Gasteiger partial charge in [0.2, 0.25) is 0 Å². The van der Waals surface area contributed by atoms with E-state index in [1.54, 1.807) is 6.20 Å². The molecule has 3 heteroatoms. The molecule has 1 aromatic rings. The Kier molecular flexibility index (Phi) is 1.24. The molecule has 1 aliphatic carbocycles. The molecule has 1 aliphatic rings. The quantitative estimate of drug-likeness (QED) is 0.582. The van der Waals surface area contributed by atoms with Gasteiger partial charge in [-0.2, -0.15) is 0 Å². The minimum atomic E-state index is 0.0891. The lowest BCUT2D eigenvalue weighted by molar-refractivity contribution is 0.343. The van der Waals surface area contributed by atoms with Crippen molar-refractivity contribution in [3.8, 4) is 0 Å². The fourth-order valence-electron chi connectivity index (χ4n) is 1.41. The minimum absolute atomic E-state index is 0.0891. The Morgan fingerprint density at radius 1 is 1.70 bits per heavy atom. The highest BCUT2D eigenvalue weighted by atomic mass is 16.5. The maximum Gasteiger partial charge on any atom is 0.156 e. The number of nitrogens with two attached hydrogens (primary N) is 1. The van der Waals surface area contributed by atoms with Crippen LogP contribution in [-0.2, 0) is 6.42 Å². The summed E-state index contributed by atoms with van der Waals surface area (Å²) >= 11 is 0. The van der Waals surface area contributed by atoms with Crippen molar-refractivity contribution in [1.29, 1.82) is 0 Å². The zero-order chi connectivity index (χ0) is 6.97. The predicted octanol–water partition coefficient (Wildman–Crippen LogP) is 1.01. The van der Waals surface area contributed by atoms with Crippen LogP contribution in [0.15, 0.2) is 10.7 Å². The molecule has 0 saturated heterocycles. The van der Waals surface area contributed by atoms with E-state index in [0.717, 1.165) is 25.0 Å². The first-order chi connectivity index (χ1) is 4.88.